The van der Waals surface area contributed by atoms with Gasteiger partial charge >= 0.3 is 0 Å². The molecule has 0 saturated heterocycles. The summed E-state index contributed by atoms with van der Waals surface area (Å²) >= 11 is 0. The first kappa shape index (κ1) is 19.1. The lowest BCUT2D eigenvalue weighted by atomic mass is 10.2. The number of hydrogen-bond acceptors (Lipinski definition) is 4. The fourth-order valence-corrected chi connectivity index (χ4v) is 3.42. The molecule has 2 rings (SSSR count). The summed E-state index contributed by atoms with van der Waals surface area (Å²) in [6.07, 6.45) is 3.52. The number of unbranched alkanes of at least 4 members (excludes halogenated alkanes) is 2. The number of nitrogens with one attached hydrogen (secondary N) is 2. The molecule has 0 heterocycles. The lowest BCUT2D eigenvalue weighted by Crippen LogP contribution is -2.13. The minimum absolute atomic E-state index is 0.206. The molecule has 0 aromatic heterocycles. The molecular formula is C19H26N2O3S. The van der Waals surface area contributed by atoms with Gasteiger partial charge in [0.05, 0.1) is 11.5 Å². The summed E-state index contributed by atoms with van der Waals surface area (Å²) in [6, 6.07) is 13.7. The molecule has 0 amide bonds. The Kier molecular flexibility index (Phi) is 7.13. The zero-order valence-electron chi connectivity index (χ0n) is 14.8. The average Bonchev–Trinajstić information content (AvgIpc) is 2.61. The Hall–Kier alpha value is -2.21. The van der Waals surface area contributed by atoms with E-state index in [1.165, 1.54) is 25.0 Å². The zero-order chi connectivity index (χ0) is 18.1. The summed E-state index contributed by atoms with van der Waals surface area (Å²) < 4.78 is 32.8. The molecule has 25 heavy (non-hydrogen) atoms. The summed E-state index contributed by atoms with van der Waals surface area (Å²) in [4.78, 5) is 0.206. The second kappa shape index (κ2) is 9.32. The molecule has 0 radical (unpaired) electrons. The smallest absolute Gasteiger partial charge is 0.261 e. The van der Waals surface area contributed by atoms with Crippen molar-refractivity contribution in [2.45, 2.75) is 38.0 Å². The van der Waals surface area contributed by atoms with Crippen LogP contribution in [0.1, 0.15) is 33.1 Å². The van der Waals surface area contributed by atoms with E-state index in [2.05, 4.69) is 17.0 Å². The molecule has 0 aliphatic heterocycles. The van der Waals surface area contributed by atoms with Crippen molar-refractivity contribution >= 4 is 21.4 Å². The van der Waals surface area contributed by atoms with Crippen LogP contribution in [0.3, 0.4) is 0 Å². The lowest BCUT2D eigenvalue weighted by molar-refractivity contribution is 0.340. The first-order valence-corrected chi connectivity index (χ1v) is 10.1. The molecule has 0 bridgehead atoms. The van der Waals surface area contributed by atoms with E-state index in [1.807, 2.05) is 19.1 Å². The molecule has 0 spiro atoms. The summed E-state index contributed by atoms with van der Waals surface area (Å²) in [7, 11) is -3.61. The SMILES string of the molecule is CCCCCNc1ccc(NS(=O)(=O)c2ccc(OCC)cc2)cc1. The van der Waals surface area contributed by atoms with Gasteiger partial charge in [-0.15, -0.1) is 0 Å². The van der Waals surface area contributed by atoms with Gasteiger partial charge in [-0.05, 0) is 61.9 Å². The van der Waals surface area contributed by atoms with Crippen molar-refractivity contribution in [3.05, 3.63) is 48.5 Å². The minimum atomic E-state index is -3.61. The number of sulfonamides is 1. The number of anilines is 2. The molecule has 0 aliphatic rings. The second-order valence-corrected chi connectivity index (χ2v) is 7.40. The molecule has 0 unspecified atom stereocenters. The van der Waals surface area contributed by atoms with Gasteiger partial charge in [0, 0.05) is 17.9 Å². The summed E-state index contributed by atoms with van der Waals surface area (Å²) in [5.74, 6) is 0.653. The Morgan fingerprint density at radius 3 is 2.12 bits per heavy atom. The molecule has 136 valence electrons. The molecule has 6 heteroatoms. The van der Waals surface area contributed by atoms with E-state index in [9.17, 15) is 8.42 Å². The first-order valence-electron chi connectivity index (χ1n) is 8.64. The fraction of sp³-hybridized carbons (Fsp3) is 0.368. The molecule has 0 aliphatic carbocycles. The van der Waals surface area contributed by atoms with Gasteiger partial charge in [-0.3, -0.25) is 4.72 Å². The average molecular weight is 362 g/mol. The Bertz CT molecular complexity index is 741. The number of hydrogen-bond donors (Lipinski definition) is 2. The van der Waals surface area contributed by atoms with E-state index in [0.717, 1.165) is 18.7 Å². The molecule has 2 aromatic carbocycles. The molecule has 0 fully saturated rings. The quantitative estimate of drug-likeness (QED) is 0.611. The standard InChI is InChI=1S/C19H26N2O3S/c1-3-5-6-15-20-16-7-9-17(10-8-16)21-25(22,23)19-13-11-18(12-14-19)24-4-2/h7-14,20-21H,3-6,15H2,1-2H3. The van der Waals surface area contributed by atoms with Crippen LogP contribution in [0.5, 0.6) is 5.75 Å². The third kappa shape index (κ3) is 5.98. The number of ether oxygens (including phenoxy) is 1. The molecule has 0 saturated carbocycles. The van der Waals surface area contributed by atoms with Crippen molar-refractivity contribution in [2.24, 2.45) is 0 Å². The van der Waals surface area contributed by atoms with Crippen LogP contribution in [0.4, 0.5) is 11.4 Å². The highest BCUT2D eigenvalue weighted by atomic mass is 32.2. The van der Waals surface area contributed by atoms with Crippen LogP contribution < -0.4 is 14.8 Å². The molecular weight excluding hydrogens is 336 g/mol. The maximum absolute atomic E-state index is 12.4. The minimum Gasteiger partial charge on any atom is -0.494 e. The van der Waals surface area contributed by atoms with Crippen molar-refractivity contribution in [2.75, 3.05) is 23.2 Å². The first-order chi connectivity index (χ1) is 12.0. The highest BCUT2D eigenvalue weighted by Crippen LogP contribution is 2.20. The molecule has 2 aromatic rings. The van der Waals surface area contributed by atoms with Crippen LogP contribution in [0.15, 0.2) is 53.4 Å². The van der Waals surface area contributed by atoms with E-state index in [0.29, 0.717) is 18.0 Å². The predicted molar refractivity (Wildman–Crippen MR) is 103 cm³/mol. The lowest BCUT2D eigenvalue weighted by Gasteiger charge is -2.10. The van der Waals surface area contributed by atoms with E-state index < -0.39 is 10.0 Å². The van der Waals surface area contributed by atoms with Crippen molar-refractivity contribution in [1.82, 2.24) is 0 Å². The molecule has 0 atom stereocenters. The largest absolute Gasteiger partial charge is 0.494 e. The van der Waals surface area contributed by atoms with E-state index in [-0.39, 0.29) is 4.90 Å². The molecule has 5 nitrogen and oxygen atoms in total. The topological polar surface area (TPSA) is 67.4 Å². The van der Waals surface area contributed by atoms with Crippen LogP contribution in [0.25, 0.3) is 0 Å². The Morgan fingerprint density at radius 2 is 1.52 bits per heavy atom. The summed E-state index contributed by atoms with van der Waals surface area (Å²) in [5.41, 5.74) is 1.52. The third-order valence-electron chi connectivity index (χ3n) is 3.69. The van der Waals surface area contributed by atoms with Crippen LogP contribution in [-0.4, -0.2) is 21.6 Å². The Morgan fingerprint density at radius 1 is 0.880 bits per heavy atom. The maximum atomic E-state index is 12.4. The predicted octanol–water partition coefficient (Wildman–Crippen LogP) is 4.49. The highest BCUT2D eigenvalue weighted by molar-refractivity contribution is 7.92. The van der Waals surface area contributed by atoms with Gasteiger partial charge < -0.3 is 10.1 Å². The van der Waals surface area contributed by atoms with Crippen molar-refractivity contribution < 1.29 is 13.2 Å². The summed E-state index contributed by atoms with van der Waals surface area (Å²) in [5, 5.41) is 3.33. The highest BCUT2D eigenvalue weighted by Gasteiger charge is 2.14. The zero-order valence-corrected chi connectivity index (χ0v) is 15.6. The van der Waals surface area contributed by atoms with Crippen LogP contribution in [0.2, 0.25) is 0 Å². The van der Waals surface area contributed by atoms with Gasteiger partial charge in [0.2, 0.25) is 0 Å². The molecule has 2 N–H and O–H groups in total. The van der Waals surface area contributed by atoms with Crippen molar-refractivity contribution in [1.29, 1.82) is 0 Å². The monoisotopic (exact) mass is 362 g/mol. The number of benzene rings is 2. The van der Waals surface area contributed by atoms with Gasteiger partial charge in [-0.2, -0.15) is 0 Å². The van der Waals surface area contributed by atoms with E-state index in [4.69, 9.17) is 4.74 Å². The number of rotatable bonds is 10. The second-order valence-electron chi connectivity index (χ2n) is 5.72. The summed E-state index contributed by atoms with van der Waals surface area (Å²) in [6.45, 7) is 5.52. The van der Waals surface area contributed by atoms with Crippen LogP contribution >= 0.6 is 0 Å². The van der Waals surface area contributed by atoms with Crippen molar-refractivity contribution in [3.63, 3.8) is 0 Å². The van der Waals surface area contributed by atoms with Gasteiger partial charge in [0.25, 0.3) is 10.0 Å². The van der Waals surface area contributed by atoms with Gasteiger partial charge in [-0.1, -0.05) is 19.8 Å². The third-order valence-corrected chi connectivity index (χ3v) is 5.09. The van der Waals surface area contributed by atoms with Crippen LogP contribution in [0, 0.1) is 0 Å². The van der Waals surface area contributed by atoms with Crippen molar-refractivity contribution in [3.8, 4) is 5.75 Å². The fourth-order valence-electron chi connectivity index (χ4n) is 2.36. The van der Waals surface area contributed by atoms with Crippen LogP contribution in [-0.2, 0) is 10.0 Å². The Balaban J connectivity index is 1.97. The van der Waals surface area contributed by atoms with E-state index >= 15 is 0 Å². The van der Waals surface area contributed by atoms with E-state index in [1.54, 1.807) is 24.3 Å². The van der Waals surface area contributed by atoms with Gasteiger partial charge in [-0.25, -0.2) is 8.42 Å². The normalized spacial score (nSPS) is 11.1. The van der Waals surface area contributed by atoms with Gasteiger partial charge in [0.1, 0.15) is 5.75 Å². The van der Waals surface area contributed by atoms with Gasteiger partial charge in [0.15, 0.2) is 0 Å². The Labute approximate surface area is 150 Å². The maximum Gasteiger partial charge on any atom is 0.261 e.